The first-order valence-electron chi connectivity index (χ1n) is 11.2. The number of aromatic carboxylic acids is 1. The van der Waals surface area contributed by atoms with Gasteiger partial charge in [0.25, 0.3) is 0 Å². The van der Waals surface area contributed by atoms with Gasteiger partial charge in [-0.05, 0) is 47.7 Å². The fraction of sp³-hybridized carbons (Fsp3) is 0.222. The smallest absolute Gasteiger partial charge is 0.408 e. The van der Waals surface area contributed by atoms with Crippen LogP contribution >= 0.6 is 11.6 Å². The average Bonchev–Trinajstić information content (AvgIpc) is 3.16. The molecule has 4 rings (SSSR count). The zero-order valence-electron chi connectivity index (χ0n) is 19.3. The number of carboxylic acid groups (broad SMARTS) is 1. The summed E-state index contributed by atoms with van der Waals surface area (Å²) in [5.74, 6) is -1.97. The third-order valence-corrected chi connectivity index (χ3v) is 6.72. The van der Waals surface area contributed by atoms with Crippen molar-refractivity contribution in [3.05, 3.63) is 88.4 Å². The third-order valence-electron chi connectivity index (χ3n) is 6.41. The number of halogens is 1. The van der Waals surface area contributed by atoms with E-state index in [4.69, 9.17) is 16.3 Å². The molecule has 3 aromatic carbocycles. The molecule has 7 nitrogen and oxygen atoms in total. The lowest BCUT2D eigenvalue weighted by Gasteiger charge is -2.28. The number of carbonyl (C=O) groups excluding carboxylic acids is 2. The van der Waals surface area contributed by atoms with Crippen LogP contribution in [0.25, 0.3) is 11.1 Å². The first-order chi connectivity index (χ1) is 16.7. The number of nitrogens with one attached hydrogen (secondary N) is 2. The maximum absolute atomic E-state index is 13.1. The number of amides is 2. The lowest BCUT2D eigenvalue weighted by Crippen LogP contribution is -2.54. The van der Waals surface area contributed by atoms with E-state index in [1.165, 1.54) is 18.2 Å². The van der Waals surface area contributed by atoms with Crippen molar-refractivity contribution in [3.8, 4) is 11.1 Å². The number of rotatable bonds is 7. The Balaban J connectivity index is 1.46. The minimum Gasteiger partial charge on any atom is -0.478 e. The second-order valence-corrected chi connectivity index (χ2v) is 8.97. The van der Waals surface area contributed by atoms with Gasteiger partial charge in [0, 0.05) is 5.92 Å². The lowest BCUT2D eigenvalue weighted by molar-refractivity contribution is -0.121. The summed E-state index contributed by atoms with van der Waals surface area (Å²) in [7, 11) is 0. The highest BCUT2D eigenvalue weighted by Gasteiger charge is 2.35. The van der Waals surface area contributed by atoms with Gasteiger partial charge in [-0.25, -0.2) is 9.59 Å². The molecule has 8 heteroatoms. The van der Waals surface area contributed by atoms with Crippen molar-refractivity contribution in [2.24, 2.45) is 0 Å². The van der Waals surface area contributed by atoms with Crippen molar-refractivity contribution in [1.29, 1.82) is 0 Å². The standard InChI is InChI=1S/C27H25ClN2O5/c1-3-27(2,25(33)29-22-14-8-13-21(28)23(22)24(31)32)30-26(34)35-15-20-18-11-6-4-9-16(18)17-10-5-7-12-19(17)20/h4-14,20H,3,15H2,1-2H3,(H,29,33)(H,30,34)(H,31,32). The van der Waals surface area contributed by atoms with E-state index in [0.29, 0.717) is 0 Å². The molecule has 1 aliphatic carbocycles. The Hall–Kier alpha value is -3.84. The van der Waals surface area contributed by atoms with Gasteiger partial charge in [-0.1, -0.05) is 73.1 Å². The van der Waals surface area contributed by atoms with Gasteiger partial charge in [0.1, 0.15) is 17.7 Å². The number of hydrogen-bond acceptors (Lipinski definition) is 4. The number of alkyl carbamates (subject to hydrolysis) is 1. The molecule has 0 radical (unpaired) electrons. The van der Waals surface area contributed by atoms with Crippen LogP contribution in [-0.2, 0) is 9.53 Å². The normalized spacial score (nSPS) is 13.8. The zero-order chi connectivity index (χ0) is 25.2. The zero-order valence-corrected chi connectivity index (χ0v) is 20.1. The summed E-state index contributed by atoms with van der Waals surface area (Å²) >= 11 is 5.99. The van der Waals surface area contributed by atoms with Crippen LogP contribution in [-0.4, -0.2) is 35.2 Å². The molecule has 35 heavy (non-hydrogen) atoms. The van der Waals surface area contributed by atoms with Crippen LogP contribution < -0.4 is 10.6 Å². The van der Waals surface area contributed by atoms with Crippen molar-refractivity contribution in [2.75, 3.05) is 11.9 Å². The van der Waals surface area contributed by atoms with Gasteiger partial charge in [-0.2, -0.15) is 0 Å². The maximum atomic E-state index is 13.1. The minimum absolute atomic E-state index is 0.00186. The largest absolute Gasteiger partial charge is 0.478 e. The van der Waals surface area contributed by atoms with Crippen LogP contribution in [0.1, 0.15) is 47.7 Å². The van der Waals surface area contributed by atoms with Gasteiger partial charge in [0.05, 0.1) is 10.7 Å². The molecule has 3 aromatic rings. The average molecular weight is 493 g/mol. The van der Waals surface area contributed by atoms with Crippen molar-refractivity contribution in [3.63, 3.8) is 0 Å². The highest BCUT2D eigenvalue weighted by Crippen LogP contribution is 2.44. The van der Waals surface area contributed by atoms with E-state index in [0.717, 1.165) is 22.3 Å². The topological polar surface area (TPSA) is 105 Å². The van der Waals surface area contributed by atoms with Crippen LogP contribution in [0.2, 0.25) is 5.02 Å². The summed E-state index contributed by atoms with van der Waals surface area (Å²) in [6.45, 7) is 3.40. The SMILES string of the molecule is CCC(C)(NC(=O)OCC1c2ccccc2-c2ccccc21)C(=O)Nc1cccc(Cl)c1C(=O)O. The molecule has 0 spiro atoms. The summed E-state index contributed by atoms with van der Waals surface area (Å²) in [6, 6.07) is 20.4. The third kappa shape index (κ3) is 4.72. The molecule has 0 bridgehead atoms. The molecule has 0 heterocycles. The van der Waals surface area contributed by atoms with Gasteiger partial charge in [-0.15, -0.1) is 0 Å². The Morgan fingerprint density at radius 1 is 0.971 bits per heavy atom. The van der Waals surface area contributed by atoms with Crippen LogP contribution in [0.3, 0.4) is 0 Å². The lowest BCUT2D eigenvalue weighted by atomic mass is 9.97. The van der Waals surface area contributed by atoms with Gasteiger partial charge in [-0.3, -0.25) is 4.79 Å². The molecule has 180 valence electrons. The molecule has 2 amide bonds. The quantitative estimate of drug-likeness (QED) is 0.393. The maximum Gasteiger partial charge on any atom is 0.408 e. The number of anilines is 1. The van der Waals surface area contributed by atoms with Crippen LogP contribution in [0.4, 0.5) is 10.5 Å². The fourth-order valence-corrected chi connectivity index (χ4v) is 4.53. The van der Waals surface area contributed by atoms with E-state index in [1.54, 1.807) is 13.8 Å². The first kappa shape index (κ1) is 24.3. The van der Waals surface area contributed by atoms with Crippen molar-refractivity contribution in [2.45, 2.75) is 31.7 Å². The Kier molecular flexibility index (Phi) is 6.80. The van der Waals surface area contributed by atoms with E-state index in [9.17, 15) is 19.5 Å². The summed E-state index contributed by atoms with van der Waals surface area (Å²) in [4.78, 5) is 37.4. The second kappa shape index (κ2) is 9.80. The Morgan fingerprint density at radius 3 is 2.14 bits per heavy atom. The molecular weight excluding hydrogens is 468 g/mol. The molecule has 1 aliphatic rings. The molecular formula is C27H25ClN2O5. The van der Waals surface area contributed by atoms with Crippen LogP contribution in [0.5, 0.6) is 0 Å². The summed E-state index contributed by atoms with van der Waals surface area (Å²) < 4.78 is 5.57. The molecule has 0 aromatic heterocycles. The molecule has 0 saturated carbocycles. The van der Waals surface area contributed by atoms with Crippen molar-refractivity contribution >= 4 is 35.3 Å². The van der Waals surface area contributed by atoms with Crippen LogP contribution in [0, 0.1) is 0 Å². The first-order valence-corrected chi connectivity index (χ1v) is 11.6. The fourth-order valence-electron chi connectivity index (χ4n) is 4.27. The molecule has 0 saturated heterocycles. The van der Waals surface area contributed by atoms with Gasteiger partial charge in [0.15, 0.2) is 0 Å². The number of ether oxygens (including phenoxy) is 1. The number of benzene rings is 3. The number of hydrogen-bond donors (Lipinski definition) is 3. The van der Waals surface area contributed by atoms with E-state index >= 15 is 0 Å². The Bertz CT molecular complexity index is 1260. The number of fused-ring (bicyclic) bond motifs is 3. The monoisotopic (exact) mass is 492 g/mol. The molecule has 1 atom stereocenters. The van der Waals surface area contributed by atoms with Gasteiger partial charge >= 0.3 is 12.1 Å². The molecule has 0 fully saturated rings. The summed E-state index contributed by atoms with van der Waals surface area (Å²) in [6.07, 6.45) is -0.498. The second-order valence-electron chi connectivity index (χ2n) is 8.56. The molecule has 1 unspecified atom stereocenters. The highest BCUT2D eigenvalue weighted by molar-refractivity contribution is 6.34. The van der Waals surface area contributed by atoms with E-state index in [2.05, 4.69) is 10.6 Å². The van der Waals surface area contributed by atoms with Gasteiger partial charge in [0.2, 0.25) is 5.91 Å². The number of carbonyl (C=O) groups is 3. The van der Waals surface area contributed by atoms with E-state index in [-0.39, 0.29) is 35.2 Å². The van der Waals surface area contributed by atoms with Crippen molar-refractivity contribution < 1.29 is 24.2 Å². The predicted molar refractivity (Wildman–Crippen MR) is 134 cm³/mol. The molecule has 0 aliphatic heterocycles. The van der Waals surface area contributed by atoms with E-state index < -0.39 is 23.5 Å². The number of carboxylic acids is 1. The van der Waals surface area contributed by atoms with Gasteiger partial charge < -0.3 is 20.5 Å². The Morgan fingerprint density at radius 2 is 1.57 bits per heavy atom. The Labute approximate surface area is 208 Å². The summed E-state index contributed by atoms with van der Waals surface area (Å²) in [5, 5.41) is 14.7. The summed E-state index contributed by atoms with van der Waals surface area (Å²) in [5.41, 5.74) is 2.88. The highest BCUT2D eigenvalue weighted by atomic mass is 35.5. The predicted octanol–water partition coefficient (Wildman–Crippen LogP) is 5.68. The van der Waals surface area contributed by atoms with Crippen molar-refractivity contribution in [1.82, 2.24) is 5.32 Å². The molecule has 3 N–H and O–H groups in total. The minimum atomic E-state index is -1.35. The van der Waals surface area contributed by atoms with Crippen LogP contribution in [0.15, 0.2) is 66.7 Å². The van der Waals surface area contributed by atoms with E-state index in [1.807, 2.05) is 48.5 Å².